The van der Waals surface area contributed by atoms with Crippen molar-refractivity contribution in [2.45, 2.75) is 12.8 Å². The van der Waals surface area contributed by atoms with Crippen LogP contribution in [0, 0.1) is 0 Å². The minimum Gasteiger partial charge on any atom is -0.496 e. The summed E-state index contributed by atoms with van der Waals surface area (Å²) in [5.74, 6) is 0.257. The average Bonchev–Trinajstić information content (AvgIpc) is 2.16. The molecule has 0 heterocycles. The maximum atomic E-state index is 12.5. The smallest absolute Gasteiger partial charge is 0.416 e. The van der Waals surface area contributed by atoms with Gasteiger partial charge < -0.3 is 9.84 Å². The third-order valence-corrected chi connectivity index (χ3v) is 2.47. The van der Waals surface area contributed by atoms with Crippen LogP contribution < -0.4 is 4.74 Å². The molecular formula is C9H8BrF3O2. The van der Waals surface area contributed by atoms with Gasteiger partial charge in [-0.1, -0.05) is 0 Å². The second-order valence-corrected chi connectivity index (χ2v) is 3.65. The summed E-state index contributed by atoms with van der Waals surface area (Å²) in [6, 6.07) is 2.05. The van der Waals surface area contributed by atoms with Crippen molar-refractivity contribution in [2.24, 2.45) is 0 Å². The van der Waals surface area contributed by atoms with Crippen LogP contribution in [0.5, 0.6) is 5.75 Å². The fourth-order valence-corrected chi connectivity index (χ4v) is 1.65. The molecule has 0 aliphatic carbocycles. The minimum absolute atomic E-state index is 0.203. The van der Waals surface area contributed by atoms with Crippen molar-refractivity contribution in [3.05, 3.63) is 27.7 Å². The van der Waals surface area contributed by atoms with E-state index in [9.17, 15) is 13.2 Å². The average molecular weight is 285 g/mol. The molecule has 0 bridgehead atoms. The summed E-state index contributed by atoms with van der Waals surface area (Å²) in [6.45, 7) is -0.682. The summed E-state index contributed by atoms with van der Waals surface area (Å²) < 4.78 is 42.5. The van der Waals surface area contributed by atoms with Crippen LogP contribution in [-0.2, 0) is 12.8 Å². The summed E-state index contributed by atoms with van der Waals surface area (Å²) >= 11 is 2.96. The number of aliphatic hydroxyl groups excluding tert-OH is 1. The highest BCUT2D eigenvalue weighted by Gasteiger charge is 2.34. The fourth-order valence-electron chi connectivity index (χ4n) is 1.15. The van der Waals surface area contributed by atoms with Gasteiger partial charge in [0, 0.05) is 0 Å². The second-order valence-electron chi connectivity index (χ2n) is 2.80. The molecule has 0 unspecified atom stereocenters. The molecule has 0 aliphatic heterocycles. The van der Waals surface area contributed by atoms with Crippen LogP contribution in [0.4, 0.5) is 13.2 Å². The molecule has 0 amide bonds. The predicted octanol–water partition coefficient (Wildman–Crippen LogP) is 2.97. The van der Waals surface area contributed by atoms with E-state index >= 15 is 0 Å². The molecular weight excluding hydrogens is 277 g/mol. The standard InChI is InChI=1S/C9H8BrF3O2/c1-15-8-2-5(4-14)6(3-7(8)10)9(11,12)13/h2-3,14H,4H2,1H3. The van der Waals surface area contributed by atoms with E-state index in [-0.39, 0.29) is 15.8 Å². The zero-order valence-electron chi connectivity index (χ0n) is 7.73. The number of alkyl halides is 3. The van der Waals surface area contributed by atoms with Crippen molar-refractivity contribution in [1.29, 1.82) is 0 Å². The van der Waals surface area contributed by atoms with E-state index < -0.39 is 18.3 Å². The lowest BCUT2D eigenvalue weighted by atomic mass is 10.1. The first kappa shape index (κ1) is 12.3. The van der Waals surface area contributed by atoms with Crippen molar-refractivity contribution in [2.75, 3.05) is 7.11 Å². The molecule has 6 heteroatoms. The number of ether oxygens (including phenoxy) is 1. The first-order valence-electron chi connectivity index (χ1n) is 3.94. The van der Waals surface area contributed by atoms with Crippen molar-refractivity contribution in [1.82, 2.24) is 0 Å². The van der Waals surface area contributed by atoms with Gasteiger partial charge in [-0.05, 0) is 33.6 Å². The van der Waals surface area contributed by atoms with Crippen molar-refractivity contribution >= 4 is 15.9 Å². The topological polar surface area (TPSA) is 29.5 Å². The molecule has 0 saturated carbocycles. The maximum absolute atomic E-state index is 12.5. The zero-order chi connectivity index (χ0) is 11.6. The summed E-state index contributed by atoms with van der Waals surface area (Å²) in [4.78, 5) is 0. The first-order valence-corrected chi connectivity index (χ1v) is 4.74. The number of halogens is 4. The number of aliphatic hydroxyl groups is 1. The van der Waals surface area contributed by atoms with E-state index in [0.717, 1.165) is 12.1 Å². The van der Waals surface area contributed by atoms with Gasteiger partial charge in [0.1, 0.15) is 5.75 Å². The molecule has 15 heavy (non-hydrogen) atoms. The lowest BCUT2D eigenvalue weighted by Crippen LogP contribution is -2.09. The Labute approximate surface area is 92.8 Å². The van der Waals surface area contributed by atoms with Gasteiger partial charge in [0.05, 0.1) is 23.8 Å². The molecule has 1 aromatic rings. The highest BCUT2D eigenvalue weighted by atomic mass is 79.9. The Morgan fingerprint density at radius 3 is 2.40 bits per heavy atom. The van der Waals surface area contributed by atoms with E-state index in [1.54, 1.807) is 0 Å². The van der Waals surface area contributed by atoms with Gasteiger partial charge in [-0.15, -0.1) is 0 Å². The monoisotopic (exact) mass is 284 g/mol. The highest BCUT2D eigenvalue weighted by Crippen LogP contribution is 2.37. The Hall–Kier alpha value is -0.750. The quantitative estimate of drug-likeness (QED) is 0.905. The van der Waals surface area contributed by atoms with E-state index in [1.165, 1.54) is 7.11 Å². The Bertz CT molecular complexity index is 363. The van der Waals surface area contributed by atoms with Gasteiger partial charge in [-0.2, -0.15) is 13.2 Å². The number of methoxy groups -OCH3 is 1. The SMILES string of the molecule is COc1cc(CO)c(C(F)(F)F)cc1Br. The van der Waals surface area contributed by atoms with Gasteiger partial charge >= 0.3 is 6.18 Å². The Balaban J connectivity index is 3.34. The summed E-state index contributed by atoms with van der Waals surface area (Å²) in [5.41, 5.74) is -1.07. The molecule has 1 rings (SSSR count). The second kappa shape index (κ2) is 4.40. The van der Waals surface area contributed by atoms with Crippen LogP contribution in [0.1, 0.15) is 11.1 Å². The van der Waals surface area contributed by atoms with Crippen LogP contribution in [-0.4, -0.2) is 12.2 Å². The number of hydrogen-bond acceptors (Lipinski definition) is 2. The van der Waals surface area contributed by atoms with Crippen molar-refractivity contribution < 1.29 is 23.0 Å². The molecule has 0 aromatic heterocycles. The Morgan fingerprint density at radius 1 is 1.40 bits per heavy atom. The first-order chi connectivity index (χ1) is 6.90. The lowest BCUT2D eigenvalue weighted by molar-refractivity contribution is -0.138. The van der Waals surface area contributed by atoms with Gasteiger partial charge in [0.15, 0.2) is 0 Å². The molecule has 0 atom stereocenters. The van der Waals surface area contributed by atoms with Crippen LogP contribution in [0.2, 0.25) is 0 Å². The predicted molar refractivity (Wildman–Crippen MR) is 51.6 cm³/mol. The Kier molecular flexibility index (Phi) is 3.62. The van der Waals surface area contributed by atoms with E-state index in [0.29, 0.717) is 0 Å². The third-order valence-electron chi connectivity index (χ3n) is 1.85. The van der Waals surface area contributed by atoms with Crippen LogP contribution in [0.15, 0.2) is 16.6 Å². The number of rotatable bonds is 2. The summed E-state index contributed by atoms with van der Waals surface area (Å²) in [7, 11) is 1.34. The van der Waals surface area contributed by atoms with Gasteiger partial charge in [-0.25, -0.2) is 0 Å². The molecule has 0 saturated heterocycles. The molecule has 1 aromatic carbocycles. The Morgan fingerprint density at radius 2 is 2.00 bits per heavy atom. The van der Waals surface area contributed by atoms with Crippen LogP contribution >= 0.6 is 15.9 Å². The van der Waals surface area contributed by atoms with Gasteiger partial charge in [0.25, 0.3) is 0 Å². The molecule has 2 nitrogen and oxygen atoms in total. The largest absolute Gasteiger partial charge is 0.496 e. The number of benzene rings is 1. The molecule has 0 fully saturated rings. The maximum Gasteiger partial charge on any atom is 0.416 e. The van der Waals surface area contributed by atoms with E-state index in [4.69, 9.17) is 9.84 Å². The van der Waals surface area contributed by atoms with Gasteiger partial charge in [-0.3, -0.25) is 0 Å². The van der Waals surface area contributed by atoms with E-state index in [2.05, 4.69) is 15.9 Å². The third kappa shape index (κ3) is 2.63. The number of hydrogen-bond donors (Lipinski definition) is 1. The van der Waals surface area contributed by atoms with Crippen molar-refractivity contribution in [3.8, 4) is 5.75 Å². The van der Waals surface area contributed by atoms with E-state index in [1.807, 2.05) is 0 Å². The normalized spacial score (nSPS) is 11.6. The lowest BCUT2D eigenvalue weighted by Gasteiger charge is -2.13. The summed E-state index contributed by atoms with van der Waals surface area (Å²) in [6.07, 6.45) is -4.48. The highest BCUT2D eigenvalue weighted by molar-refractivity contribution is 9.10. The molecule has 1 N–H and O–H groups in total. The summed E-state index contributed by atoms with van der Waals surface area (Å²) in [5, 5.41) is 8.82. The minimum atomic E-state index is -4.48. The van der Waals surface area contributed by atoms with Gasteiger partial charge in [0.2, 0.25) is 0 Å². The zero-order valence-corrected chi connectivity index (χ0v) is 9.32. The molecule has 84 valence electrons. The molecule has 0 radical (unpaired) electrons. The van der Waals surface area contributed by atoms with Crippen molar-refractivity contribution in [3.63, 3.8) is 0 Å². The molecule has 0 aliphatic rings. The van der Waals surface area contributed by atoms with Crippen LogP contribution in [0.25, 0.3) is 0 Å². The molecule has 0 spiro atoms. The fraction of sp³-hybridized carbons (Fsp3) is 0.333. The van der Waals surface area contributed by atoms with Crippen LogP contribution in [0.3, 0.4) is 0 Å².